The Kier molecular flexibility index (Phi) is 8.97. The van der Waals surface area contributed by atoms with E-state index >= 15 is 0 Å². The molecule has 0 radical (unpaired) electrons. The van der Waals surface area contributed by atoms with E-state index in [0.29, 0.717) is 29.1 Å². The summed E-state index contributed by atoms with van der Waals surface area (Å²) >= 11 is 0. The minimum Gasteiger partial charge on any atom is -0.493 e. The summed E-state index contributed by atoms with van der Waals surface area (Å²) in [4.78, 5) is 37.9. The van der Waals surface area contributed by atoms with E-state index in [0.717, 1.165) is 11.1 Å². The first-order valence-corrected chi connectivity index (χ1v) is 13.6. The van der Waals surface area contributed by atoms with Crippen molar-refractivity contribution in [3.63, 3.8) is 0 Å². The first-order chi connectivity index (χ1) is 20.9. The third-order valence-corrected chi connectivity index (χ3v) is 6.65. The van der Waals surface area contributed by atoms with Gasteiger partial charge in [-0.05, 0) is 60.0 Å². The van der Waals surface area contributed by atoms with Crippen LogP contribution in [-0.4, -0.2) is 19.0 Å². The number of nitrogens with one attached hydrogen (secondary N) is 1. The number of hydrogen-bond donors (Lipinski definition) is 1. The first kappa shape index (κ1) is 28.9. The topological polar surface area (TPSA) is 104 Å². The number of rotatable bonds is 10. The van der Waals surface area contributed by atoms with Crippen LogP contribution in [0, 0.1) is 0 Å². The second-order valence-electron chi connectivity index (χ2n) is 9.69. The van der Waals surface area contributed by atoms with Gasteiger partial charge >= 0.3 is 11.6 Å². The van der Waals surface area contributed by atoms with Gasteiger partial charge in [0.15, 0.2) is 11.5 Å². The van der Waals surface area contributed by atoms with Crippen LogP contribution in [-0.2, 0) is 11.4 Å². The van der Waals surface area contributed by atoms with E-state index < -0.39 is 17.5 Å². The van der Waals surface area contributed by atoms with Crippen LogP contribution >= 0.6 is 0 Å². The van der Waals surface area contributed by atoms with Crippen LogP contribution in [0.1, 0.15) is 40.0 Å². The normalized spacial score (nSPS) is 11.7. The third-order valence-electron chi connectivity index (χ3n) is 6.65. The van der Waals surface area contributed by atoms with Crippen LogP contribution in [0.25, 0.3) is 17.0 Å². The average molecular weight is 576 g/mol. The maximum Gasteiger partial charge on any atom is 0.349 e. The van der Waals surface area contributed by atoms with Gasteiger partial charge in [0.1, 0.15) is 23.5 Å². The number of methoxy groups -OCH3 is 1. The van der Waals surface area contributed by atoms with Gasteiger partial charge in [0, 0.05) is 17.5 Å². The lowest BCUT2D eigenvalue weighted by atomic mass is 10.1. The largest absolute Gasteiger partial charge is 0.493 e. The Hall–Kier alpha value is -5.63. The molecule has 5 aromatic rings. The lowest BCUT2D eigenvalue weighted by Gasteiger charge is -2.14. The Morgan fingerprint density at radius 1 is 0.884 bits per heavy atom. The van der Waals surface area contributed by atoms with Crippen LogP contribution < -0.4 is 25.2 Å². The maximum absolute atomic E-state index is 12.8. The average Bonchev–Trinajstić information content (AvgIpc) is 3.03. The van der Waals surface area contributed by atoms with Crippen molar-refractivity contribution in [1.82, 2.24) is 5.32 Å². The molecule has 1 heterocycles. The highest BCUT2D eigenvalue weighted by molar-refractivity contribution is 5.97. The lowest BCUT2D eigenvalue weighted by molar-refractivity contribution is -0.128. The van der Waals surface area contributed by atoms with Crippen LogP contribution in [0.2, 0.25) is 0 Å². The number of carbonyl (C=O) groups is 2. The minimum absolute atomic E-state index is 0.116. The summed E-state index contributed by atoms with van der Waals surface area (Å²) in [7, 11) is 1.55. The van der Waals surface area contributed by atoms with Crippen LogP contribution in [0.15, 0.2) is 118 Å². The van der Waals surface area contributed by atoms with Gasteiger partial charge < -0.3 is 23.9 Å². The summed E-state index contributed by atoms with van der Waals surface area (Å²) in [5.74, 6) is 0.118. The summed E-state index contributed by atoms with van der Waals surface area (Å²) < 4.78 is 22.1. The van der Waals surface area contributed by atoms with Gasteiger partial charge in [-0.1, -0.05) is 66.7 Å². The summed E-state index contributed by atoms with van der Waals surface area (Å²) in [6, 6.07) is 30.3. The fraction of sp³-hybridized carbons (Fsp3) is 0.114. The fourth-order valence-electron chi connectivity index (χ4n) is 4.37. The molecule has 1 unspecified atom stereocenters. The molecule has 1 atom stereocenters. The van der Waals surface area contributed by atoms with Crippen molar-refractivity contribution in [2.75, 3.05) is 7.11 Å². The number of benzene rings is 4. The van der Waals surface area contributed by atoms with E-state index in [-0.39, 0.29) is 22.9 Å². The van der Waals surface area contributed by atoms with Crippen molar-refractivity contribution in [2.24, 2.45) is 0 Å². The fourth-order valence-corrected chi connectivity index (χ4v) is 4.37. The molecular weight excluding hydrogens is 546 g/mol. The first-order valence-electron chi connectivity index (χ1n) is 13.6. The van der Waals surface area contributed by atoms with Gasteiger partial charge in [0.2, 0.25) is 0 Å². The molecule has 0 bridgehead atoms. The Labute approximate surface area is 248 Å². The van der Waals surface area contributed by atoms with Gasteiger partial charge in [-0.3, -0.25) is 4.79 Å². The van der Waals surface area contributed by atoms with Crippen molar-refractivity contribution in [3.05, 3.63) is 142 Å². The predicted molar refractivity (Wildman–Crippen MR) is 163 cm³/mol. The standard InChI is InChI=1S/C35H29NO7/c1-23(26-11-7-4-8-12-26)36-34(38)29-20-27-15-16-28(21-31(27)43-35(29)39)42-33(37)18-14-24-13-17-30(32(19-24)40-2)41-22-25-9-5-3-6-10-25/h3-21,23H,22H2,1-2H3,(H,36,38)/b18-14+. The van der Waals surface area contributed by atoms with Gasteiger partial charge in [-0.25, -0.2) is 9.59 Å². The second kappa shape index (κ2) is 13.4. The van der Waals surface area contributed by atoms with Crippen molar-refractivity contribution in [3.8, 4) is 17.2 Å². The molecule has 0 saturated carbocycles. The molecule has 0 aliphatic heterocycles. The van der Waals surface area contributed by atoms with Gasteiger partial charge in [0.05, 0.1) is 13.2 Å². The van der Waals surface area contributed by atoms with E-state index in [1.165, 1.54) is 18.2 Å². The molecule has 0 spiro atoms. The smallest absolute Gasteiger partial charge is 0.349 e. The number of fused-ring (bicyclic) bond motifs is 1. The zero-order chi connectivity index (χ0) is 30.2. The van der Waals surface area contributed by atoms with E-state index in [4.69, 9.17) is 18.6 Å². The van der Waals surface area contributed by atoms with Crippen LogP contribution in [0.5, 0.6) is 17.2 Å². The third kappa shape index (κ3) is 7.37. The molecule has 1 amide bonds. The van der Waals surface area contributed by atoms with Crippen molar-refractivity contribution < 1.29 is 28.2 Å². The molecule has 43 heavy (non-hydrogen) atoms. The number of carbonyl (C=O) groups excluding carboxylic acids is 2. The molecular formula is C35H29NO7. The quantitative estimate of drug-likeness (QED) is 0.0879. The summed E-state index contributed by atoms with van der Waals surface area (Å²) in [6.45, 7) is 2.23. The second-order valence-corrected chi connectivity index (χ2v) is 9.69. The minimum atomic E-state index is -0.793. The molecule has 8 heteroatoms. The Balaban J connectivity index is 1.22. The number of ether oxygens (including phenoxy) is 3. The van der Waals surface area contributed by atoms with E-state index in [2.05, 4.69) is 5.32 Å². The predicted octanol–water partition coefficient (Wildman–Crippen LogP) is 6.49. The van der Waals surface area contributed by atoms with Crippen LogP contribution in [0.3, 0.4) is 0 Å². The Morgan fingerprint density at radius 2 is 1.63 bits per heavy atom. The van der Waals surface area contributed by atoms with Gasteiger partial charge in [-0.15, -0.1) is 0 Å². The van der Waals surface area contributed by atoms with E-state index in [9.17, 15) is 14.4 Å². The summed E-state index contributed by atoms with van der Waals surface area (Å²) in [6.07, 6.45) is 2.87. The van der Waals surface area contributed by atoms with E-state index in [1.807, 2.05) is 67.6 Å². The summed E-state index contributed by atoms with van der Waals surface area (Å²) in [5, 5.41) is 3.32. The van der Waals surface area contributed by atoms with Gasteiger partial charge in [0.25, 0.3) is 5.91 Å². The van der Waals surface area contributed by atoms with Crippen molar-refractivity contribution in [1.29, 1.82) is 0 Å². The summed E-state index contributed by atoms with van der Waals surface area (Å²) in [5.41, 5.74) is 1.92. The molecule has 5 rings (SSSR count). The molecule has 1 N–H and O–H groups in total. The highest BCUT2D eigenvalue weighted by Gasteiger charge is 2.17. The van der Waals surface area contributed by atoms with Crippen molar-refractivity contribution in [2.45, 2.75) is 19.6 Å². The molecule has 4 aromatic carbocycles. The highest BCUT2D eigenvalue weighted by atomic mass is 16.5. The number of esters is 1. The number of hydrogen-bond acceptors (Lipinski definition) is 7. The van der Waals surface area contributed by atoms with Gasteiger partial charge in [-0.2, -0.15) is 0 Å². The van der Waals surface area contributed by atoms with Crippen LogP contribution in [0.4, 0.5) is 0 Å². The molecule has 8 nitrogen and oxygen atoms in total. The molecule has 0 fully saturated rings. The highest BCUT2D eigenvalue weighted by Crippen LogP contribution is 2.29. The molecule has 1 aromatic heterocycles. The Morgan fingerprint density at radius 3 is 2.37 bits per heavy atom. The molecule has 0 saturated heterocycles. The maximum atomic E-state index is 12.8. The van der Waals surface area contributed by atoms with Crippen molar-refractivity contribution >= 4 is 28.9 Å². The Bertz CT molecular complexity index is 1830. The van der Waals surface area contributed by atoms with E-state index in [1.54, 1.807) is 43.5 Å². The SMILES string of the molecule is COc1cc(/C=C/C(=O)Oc2ccc3cc(C(=O)NC(C)c4ccccc4)c(=O)oc3c2)ccc1OCc1ccccc1. The zero-order valence-corrected chi connectivity index (χ0v) is 23.6. The molecule has 216 valence electrons. The lowest BCUT2D eigenvalue weighted by Crippen LogP contribution is -2.30. The zero-order valence-electron chi connectivity index (χ0n) is 23.6. The monoisotopic (exact) mass is 575 g/mol. The molecule has 0 aliphatic carbocycles. The number of amides is 1. The molecule has 0 aliphatic rings.